The first kappa shape index (κ1) is 7.97. The van der Waals surface area contributed by atoms with Crippen molar-refractivity contribution in [3.8, 4) is 0 Å². The van der Waals surface area contributed by atoms with E-state index in [4.69, 9.17) is 0 Å². The van der Waals surface area contributed by atoms with Crippen molar-refractivity contribution in [2.75, 3.05) is 0 Å². The maximum atomic E-state index is 12.1. The summed E-state index contributed by atoms with van der Waals surface area (Å²) in [4.78, 5) is 10.2. The molecule has 0 bridgehead atoms. The average Bonchev–Trinajstić information content (AvgIpc) is 1.97. The highest BCUT2D eigenvalue weighted by Crippen LogP contribution is 2.29. The summed E-state index contributed by atoms with van der Waals surface area (Å²) in [6.45, 7) is 0. The fraction of sp³-hybridized carbons (Fsp3) is 0.167. The van der Waals surface area contributed by atoms with Crippen LogP contribution in [0.5, 0.6) is 0 Å². The van der Waals surface area contributed by atoms with E-state index in [1.807, 2.05) is 0 Å². The first-order valence-electron chi connectivity index (χ1n) is 2.67. The van der Waals surface area contributed by atoms with Crippen LogP contribution in [0.15, 0.2) is 23.3 Å². The Kier molecular flexibility index (Phi) is 1.80. The Morgan fingerprint density at radius 2 is 1.27 bits per heavy atom. The van der Waals surface area contributed by atoms with Crippen molar-refractivity contribution < 1.29 is 22.4 Å². The van der Waals surface area contributed by atoms with Crippen LogP contribution in [0.25, 0.3) is 0 Å². The van der Waals surface area contributed by atoms with E-state index in [1.54, 1.807) is 0 Å². The zero-order valence-corrected chi connectivity index (χ0v) is 5.13. The molecule has 0 aromatic heterocycles. The molecule has 0 aromatic rings. The quantitative estimate of drug-likeness (QED) is 0.504. The molecule has 0 unspecified atom stereocenters. The van der Waals surface area contributed by atoms with Crippen LogP contribution in [0.2, 0.25) is 0 Å². The van der Waals surface area contributed by atoms with Crippen molar-refractivity contribution >= 4 is 5.78 Å². The highest BCUT2D eigenvalue weighted by Gasteiger charge is 2.29. The molecule has 1 aliphatic rings. The standard InChI is InChI=1S/C6H2F4O/c7-2-1-3(8)5(10)6(11)4(2)9/h1H2. The predicted molar refractivity (Wildman–Crippen MR) is 28.1 cm³/mol. The Morgan fingerprint density at radius 1 is 0.909 bits per heavy atom. The number of ketones is 1. The molecule has 0 saturated heterocycles. The molecule has 1 aliphatic carbocycles. The number of hydrogen-bond acceptors (Lipinski definition) is 1. The summed E-state index contributed by atoms with van der Waals surface area (Å²) < 4.78 is 48.4. The molecular weight excluding hydrogens is 164 g/mol. The van der Waals surface area contributed by atoms with Gasteiger partial charge in [0.15, 0.2) is 0 Å². The van der Waals surface area contributed by atoms with Gasteiger partial charge >= 0.3 is 0 Å². The van der Waals surface area contributed by atoms with Crippen molar-refractivity contribution in [3.05, 3.63) is 23.3 Å². The van der Waals surface area contributed by atoms with Crippen LogP contribution >= 0.6 is 0 Å². The molecule has 0 atom stereocenters. The van der Waals surface area contributed by atoms with E-state index in [2.05, 4.69) is 0 Å². The van der Waals surface area contributed by atoms with Gasteiger partial charge in [0.1, 0.15) is 11.7 Å². The molecule has 11 heavy (non-hydrogen) atoms. The molecule has 0 fully saturated rings. The summed E-state index contributed by atoms with van der Waals surface area (Å²) in [5.74, 6) is -8.66. The zero-order chi connectivity index (χ0) is 8.59. The lowest BCUT2D eigenvalue weighted by molar-refractivity contribution is -0.115. The second-order valence-corrected chi connectivity index (χ2v) is 1.94. The van der Waals surface area contributed by atoms with Crippen LogP contribution in [0.3, 0.4) is 0 Å². The van der Waals surface area contributed by atoms with Crippen LogP contribution in [-0.2, 0) is 4.79 Å². The molecule has 0 N–H and O–H groups in total. The van der Waals surface area contributed by atoms with Gasteiger partial charge in [0.25, 0.3) is 5.78 Å². The van der Waals surface area contributed by atoms with Gasteiger partial charge in [-0.2, -0.15) is 8.78 Å². The minimum atomic E-state index is -1.86. The highest BCUT2D eigenvalue weighted by atomic mass is 19.2. The Balaban J connectivity index is 3.09. The van der Waals surface area contributed by atoms with E-state index < -0.39 is 35.5 Å². The molecule has 0 heterocycles. The van der Waals surface area contributed by atoms with Crippen LogP contribution in [-0.4, -0.2) is 5.78 Å². The van der Waals surface area contributed by atoms with Crippen LogP contribution in [0, 0.1) is 0 Å². The SMILES string of the molecule is O=C1C(F)=C(F)CC(F)=C1F. The van der Waals surface area contributed by atoms with Gasteiger partial charge in [0, 0.05) is 0 Å². The lowest BCUT2D eigenvalue weighted by Crippen LogP contribution is -2.08. The number of carbonyl (C=O) groups excluding carboxylic acids is 1. The van der Waals surface area contributed by atoms with Gasteiger partial charge in [-0.1, -0.05) is 0 Å². The van der Waals surface area contributed by atoms with E-state index in [-0.39, 0.29) is 0 Å². The maximum absolute atomic E-state index is 12.1. The van der Waals surface area contributed by atoms with Gasteiger partial charge in [0.05, 0.1) is 6.42 Å². The summed E-state index contributed by atoms with van der Waals surface area (Å²) in [7, 11) is 0. The third-order valence-electron chi connectivity index (χ3n) is 1.19. The molecule has 0 radical (unpaired) electrons. The van der Waals surface area contributed by atoms with E-state index >= 15 is 0 Å². The molecule has 0 amide bonds. The van der Waals surface area contributed by atoms with E-state index in [0.717, 1.165) is 0 Å². The van der Waals surface area contributed by atoms with Crippen molar-refractivity contribution in [1.82, 2.24) is 0 Å². The van der Waals surface area contributed by atoms with Crippen molar-refractivity contribution in [2.24, 2.45) is 0 Å². The number of halogens is 4. The summed E-state index contributed by atoms with van der Waals surface area (Å²) >= 11 is 0. The predicted octanol–water partition coefficient (Wildman–Crippen LogP) is 2.26. The summed E-state index contributed by atoms with van der Waals surface area (Å²) in [5, 5.41) is 0. The highest BCUT2D eigenvalue weighted by molar-refractivity contribution is 6.06. The summed E-state index contributed by atoms with van der Waals surface area (Å²) in [6, 6.07) is 0. The Hall–Kier alpha value is -1.13. The van der Waals surface area contributed by atoms with E-state index in [1.165, 1.54) is 0 Å². The zero-order valence-electron chi connectivity index (χ0n) is 5.13. The molecular formula is C6H2F4O. The molecule has 1 rings (SSSR count). The fourth-order valence-electron chi connectivity index (χ4n) is 0.634. The topological polar surface area (TPSA) is 17.1 Å². The number of carbonyl (C=O) groups is 1. The second-order valence-electron chi connectivity index (χ2n) is 1.94. The minimum Gasteiger partial charge on any atom is -0.283 e. The number of Topliss-reactive ketones (excluding diaryl/α,β-unsaturated/α-hetero) is 1. The second kappa shape index (κ2) is 2.48. The third kappa shape index (κ3) is 1.18. The van der Waals surface area contributed by atoms with Crippen molar-refractivity contribution in [1.29, 1.82) is 0 Å². The molecule has 0 saturated carbocycles. The van der Waals surface area contributed by atoms with Crippen molar-refractivity contribution in [3.63, 3.8) is 0 Å². The first-order chi connectivity index (χ1) is 5.04. The lowest BCUT2D eigenvalue weighted by Gasteiger charge is -2.04. The molecule has 60 valence electrons. The number of allylic oxidation sites excluding steroid dienone is 4. The fourth-order valence-corrected chi connectivity index (χ4v) is 0.634. The molecule has 0 aromatic carbocycles. The summed E-state index contributed by atoms with van der Waals surface area (Å²) in [6.07, 6.45) is -1.11. The van der Waals surface area contributed by atoms with Crippen LogP contribution in [0.4, 0.5) is 17.6 Å². The largest absolute Gasteiger partial charge is 0.283 e. The first-order valence-corrected chi connectivity index (χ1v) is 2.67. The van der Waals surface area contributed by atoms with Crippen LogP contribution in [0.1, 0.15) is 6.42 Å². The molecule has 1 nitrogen and oxygen atoms in total. The van der Waals surface area contributed by atoms with Gasteiger partial charge < -0.3 is 0 Å². The van der Waals surface area contributed by atoms with E-state index in [9.17, 15) is 22.4 Å². The summed E-state index contributed by atoms with van der Waals surface area (Å²) in [5.41, 5.74) is 0. The Morgan fingerprint density at radius 3 is 1.64 bits per heavy atom. The van der Waals surface area contributed by atoms with Gasteiger partial charge in [0.2, 0.25) is 11.7 Å². The number of hydrogen-bond donors (Lipinski definition) is 0. The lowest BCUT2D eigenvalue weighted by atomic mass is 10.1. The van der Waals surface area contributed by atoms with Gasteiger partial charge in [-0.25, -0.2) is 8.78 Å². The van der Waals surface area contributed by atoms with E-state index in [0.29, 0.717) is 0 Å². The third-order valence-corrected chi connectivity index (χ3v) is 1.19. The number of rotatable bonds is 0. The Labute approximate surface area is 59.0 Å². The van der Waals surface area contributed by atoms with Gasteiger partial charge in [-0.15, -0.1) is 0 Å². The normalized spacial score (nSPS) is 19.8. The average molecular weight is 166 g/mol. The van der Waals surface area contributed by atoms with Crippen LogP contribution < -0.4 is 0 Å². The molecule has 5 heteroatoms. The maximum Gasteiger partial charge on any atom is 0.255 e. The minimum absolute atomic E-state index is 1.11. The van der Waals surface area contributed by atoms with Gasteiger partial charge in [-0.05, 0) is 0 Å². The molecule has 0 aliphatic heterocycles. The Bertz CT molecular complexity index is 250. The van der Waals surface area contributed by atoms with Crippen molar-refractivity contribution in [2.45, 2.75) is 6.42 Å². The monoisotopic (exact) mass is 166 g/mol. The van der Waals surface area contributed by atoms with Gasteiger partial charge in [-0.3, -0.25) is 4.79 Å². The molecule has 0 spiro atoms. The smallest absolute Gasteiger partial charge is 0.255 e.